The molecule has 2 saturated carbocycles. The van der Waals surface area contributed by atoms with Crippen LogP contribution in [0.5, 0.6) is 0 Å². The number of nitrogens with one attached hydrogen (secondary N) is 4. The number of para-hydroxylation sites is 1. The molecular formula is C73H94ClN11O14S2. The number of fused-ring (bicyclic) bond motifs is 4. The standard InChI is InChI=1S/C73H94ClN11O14S2/c1-46(2)63(81-62(88)21-10-8-7-9-17-53(86)38-74)59(87)35-51(16-14-29-76-68(75)93)65(89)78-52-24-22-49(23-25-52)41-98-70(94)83(32-34-101(95,96)97)31-33-99-73-37-47(3)36-71(5,43-73)42-72(6,44-73)45-85-48(4)56(39-77-85)54-26-27-61(80-64(54)67(91)92)84-30-28-50-15-13-18-55(57(50)40-84)66(90)82-69-79-58-19-11-12-20-60(58)100-69/h11-13,15,18-20,22-27,39,46-47,51,63H,7-10,14,16-17,21,28-38,40-45H2,1-6H3,(H,78,89)(H,81,88)(H,91,92)(H3,75,76,93)(H,79,82,90)(H,95,96,97)/t47?,51-,63+,71?,72?,73?/m1/s1. The Kier molecular flexibility index (Phi) is 25.9. The number of ketones is 2. The molecule has 25 nitrogen and oxygen atoms in total. The average molecular weight is 1450 g/mol. The number of carbonyl (C=O) groups is 8. The predicted molar refractivity (Wildman–Crippen MR) is 386 cm³/mol. The number of rotatable bonds is 35. The number of thiazole rings is 1. The van der Waals surface area contributed by atoms with Gasteiger partial charge in [0, 0.05) is 92.5 Å². The second-order valence-corrected chi connectivity index (χ2v) is 31.5. The summed E-state index contributed by atoms with van der Waals surface area (Å²) in [5, 5.41) is 27.3. The van der Waals surface area contributed by atoms with Gasteiger partial charge >= 0.3 is 18.1 Å². The van der Waals surface area contributed by atoms with E-state index in [0.29, 0.717) is 103 Å². The van der Waals surface area contributed by atoms with Gasteiger partial charge in [-0.15, -0.1) is 11.6 Å². The molecule has 8 N–H and O–H groups in total. The smallest absolute Gasteiger partial charge is 0.410 e. The highest BCUT2D eigenvalue weighted by molar-refractivity contribution is 7.85. The van der Waals surface area contributed by atoms with Crippen LogP contribution >= 0.6 is 22.9 Å². The van der Waals surface area contributed by atoms with Crippen molar-refractivity contribution in [2.24, 2.45) is 34.3 Å². The number of Topliss-reactive ketones (excluding diaryl/α,β-unsaturated/α-hetero) is 2. The SMILES string of the molecule is Cc1c(-c2ccc(N3CCc4cccc(C(=O)Nc5nc6ccccc6s5)c4C3)nc2C(=O)O)cnn1CC1(C)CC2(C)CC(C)CC(OCCN(CCS(=O)(=O)O)C(=O)OCc3ccc(NC(=O)[C@H](CCCNC(N)=O)CC(=O)[C@@H](NC(=O)CCCCCCC(=O)CCl)C(C)C)cc3)(C2)C1. The van der Waals surface area contributed by atoms with Crippen molar-refractivity contribution in [2.45, 2.75) is 169 Å². The lowest BCUT2D eigenvalue weighted by atomic mass is 9.51. The second kappa shape index (κ2) is 34.1. The first-order valence-electron chi connectivity index (χ1n) is 34.6. The third kappa shape index (κ3) is 21.1. The van der Waals surface area contributed by atoms with Gasteiger partial charge in [0.2, 0.25) is 11.8 Å². The summed E-state index contributed by atoms with van der Waals surface area (Å²) >= 11 is 6.98. The maximum Gasteiger partial charge on any atom is 0.410 e. The summed E-state index contributed by atoms with van der Waals surface area (Å²) in [7, 11) is -4.50. The number of ether oxygens (including phenoxy) is 2. The number of carboxylic acids is 1. The molecule has 6 aromatic rings. The van der Waals surface area contributed by atoms with Crippen molar-refractivity contribution < 1.29 is 65.9 Å². The Morgan fingerprint density at radius 3 is 2.34 bits per heavy atom. The Balaban J connectivity index is 0.810. The van der Waals surface area contributed by atoms with Crippen molar-refractivity contribution in [3.63, 3.8) is 0 Å². The first-order valence-corrected chi connectivity index (χ1v) is 37.6. The number of urea groups is 1. The molecule has 1 aliphatic heterocycles. The summed E-state index contributed by atoms with van der Waals surface area (Å²) in [6.45, 7) is 13.1. The van der Waals surface area contributed by atoms with Crippen LogP contribution in [0, 0.1) is 35.5 Å². The Labute approximate surface area is 598 Å². The predicted octanol–water partition coefficient (Wildman–Crippen LogP) is 11.5. The Morgan fingerprint density at radius 2 is 1.62 bits per heavy atom. The van der Waals surface area contributed by atoms with Gasteiger partial charge < -0.3 is 46.1 Å². The number of primary amides is 1. The van der Waals surface area contributed by atoms with Gasteiger partial charge in [0.1, 0.15) is 18.2 Å². The van der Waals surface area contributed by atoms with E-state index in [1.165, 1.54) is 16.2 Å². The van der Waals surface area contributed by atoms with Gasteiger partial charge in [-0.3, -0.25) is 38.5 Å². The van der Waals surface area contributed by atoms with Crippen molar-refractivity contribution in [3.8, 4) is 11.1 Å². The molecule has 4 unspecified atom stereocenters. The molecule has 2 aliphatic carbocycles. The molecule has 28 heteroatoms. The van der Waals surface area contributed by atoms with E-state index in [2.05, 4.69) is 47.0 Å². The fourth-order valence-electron chi connectivity index (χ4n) is 15.4. The zero-order valence-corrected chi connectivity index (χ0v) is 60.7. The number of unbranched alkanes of at least 4 members (excludes halogenated alkanes) is 3. The number of benzene rings is 3. The van der Waals surface area contributed by atoms with E-state index < -0.39 is 57.4 Å². The Hall–Kier alpha value is -8.37. The van der Waals surface area contributed by atoms with Crippen molar-refractivity contribution >= 4 is 107 Å². The molecule has 3 aromatic heterocycles. The number of aromatic carboxylic acids is 1. The number of carboxylic acid groups (broad SMARTS) is 1. The lowest BCUT2D eigenvalue weighted by molar-refractivity contribution is -0.179. The lowest BCUT2D eigenvalue weighted by Crippen LogP contribution is -2.55. The largest absolute Gasteiger partial charge is 0.476 e. The molecule has 0 radical (unpaired) electrons. The molecule has 9 rings (SSSR count). The minimum atomic E-state index is -4.50. The highest BCUT2D eigenvalue weighted by atomic mass is 35.5. The number of aromatic nitrogens is 4. The van der Waals surface area contributed by atoms with Crippen LogP contribution in [0.25, 0.3) is 21.3 Å². The van der Waals surface area contributed by atoms with Crippen molar-refractivity contribution in [3.05, 3.63) is 119 Å². The van der Waals surface area contributed by atoms with Gasteiger partial charge in [-0.2, -0.15) is 13.5 Å². The number of carbonyl (C=O) groups excluding carboxylic acids is 7. The van der Waals surface area contributed by atoms with Crippen LogP contribution in [-0.4, -0.2) is 146 Å². The summed E-state index contributed by atoms with van der Waals surface area (Å²) in [4.78, 5) is 117. The molecule has 0 saturated heterocycles. The molecular weight excluding hydrogens is 1350 g/mol. The number of amides is 6. The van der Waals surface area contributed by atoms with Gasteiger partial charge in [0.15, 0.2) is 16.6 Å². The maximum absolute atomic E-state index is 13.9. The van der Waals surface area contributed by atoms with Crippen molar-refractivity contribution in [1.29, 1.82) is 0 Å². The minimum Gasteiger partial charge on any atom is -0.476 e. The van der Waals surface area contributed by atoms with Gasteiger partial charge in [-0.05, 0) is 153 Å². The van der Waals surface area contributed by atoms with Gasteiger partial charge in [0.05, 0.1) is 46.3 Å². The zero-order valence-electron chi connectivity index (χ0n) is 58.3. The van der Waals surface area contributed by atoms with Crippen LogP contribution in [0.15, 0.2) is 85.1 Å². The van der Waals surface area contributed by atoms with Gasteiger partial charge in [-0.1, -0.05) is 95.2 Å². The first-order chi connectivity index (χ1) is 48.0. The monoisotopic (exact) mass is 1450 g/mol. The highest BCUT2D eigenvalue weighted by Crippen LogP contribution is 2.60. The van der Waals surface area contributed by atoms with Crippen LogP contribution in [-0.2, 0) is 64.9 Å². The molecule has 4 heterocycles. The molecule has 101 heavy (non-hydrogen) atoms. The lowest BCUT2D eigenvalue weighted by Gasteiger charge is -2.58. The molecule has 6 amide bonds. The average Bonchev–Trinajstić information content (AvgIpc) is 1.29. The van der Waals surface area contributed by atoms with Crippen LogP contribution in [0.2, 0.25) is 0 Å². The summed E-state index contributed by atoms with van der Waals surface area (Å²) in [5.41, 5.74) is 9.83. The zero-order chi connectivity index (χ0) is 72.8. The molecule has 2 bridgehead atoms. The quantitative estimate of drug-likeness (QED) is 0.0110. The topological polar surface area (TPSA) is 354 Å². The third-order valence-electron chi connectivity index (χ3n) is 19.4. The van der Waals surface area contributed by atoms with Crippen LogP contribution in [0.4, 0.5) is 26.2 Å². The van der Waals surface area contributed by atoms with Gasteiger partial charge in [-0.25, -0.2) is 24.4 Å². The number of hydrogen-bond donors (Lipinski definition) is 7. The third-order valence-corrected chi connectivity index (χ3v) is 21.4. The summed E-state index contributed by atoms with van der Waals surface area (Å²) in [6, 6.07) is 21.8. The number of nitrogens with zero attached hydrogens (tertiary/aromatic N) is 6. The van der Waals surface area contributed by atoms with E-state index in [-0.39, 0.29) is 104 Å². The molecule has 0 spiro atoms. The van der Waals surface area contributed by atoms with Crippen LogP contribution < -0.4 is 31.9 Å². The molecule has 544 valence electrons. The van der Waals surface area contributed by atoms with Crippen molar-refractivity contribution in [1.82, 2.24) is 35.3 Å². The number of anilines is 3. The van der Waals surface area contributed by atoms with E-state index in [0.717, 1.165) is 65.6 Å². The molecule has 2 fully saturated rings. The van der Waals surface area contributed by atoms with Gasteiger partial charge in [0.25, 0.3) is 16.0 Å². The van der Waals surface area contributed by atoms with E-state index in [9.17, 15) is 56.4 Å². The molecule has 6 atom stereocenters. The highest BCUT2D eigenvalue weighted by Gasteiger charge is 2.56. The number of alkyl halides is 1. The summed E-state index contributed by atoms with van der Waals surface area (Å²) in [5.74, 6) is -3.75. The van der Waals surface area contributed by atoms with E-state index in [1.807, 2.05) is 59.0 Å². The number of hydrogen-bond acceptors (Lipinski definition) is 17. The second-order valence-electron chi connectivity index (χ2n) is 28.6. The molecule has 3 aliphatic rings. The number of pyridine rings is 1. The first kappa shape index (κ1) is 76.8. The number of halogens is 1. The number of nitrogens with two attached hydrogens (primary N) is 1. The normalized spacial score (nSPS) is 19.4. The van der Waals surface area contributed by atoms with Crippen LogP contribution in [0.1, 0.15) is 168 Å². The fraction of sp³-hybridized carbons (Fsp3) is 0.521. The Bertz CT molecular complexity index is 4080. The maximum atomic E-state index is 13.9. The Morgan fingerprint density at radius 1 is 0.871 bits per heavy atom. The van der Waals surface area contributed by atoms with Crippen LogP contribution in [0.3, 0.4) is 0 Å². The fourth-order valence-corrected chi connectivity index (χ4v) is 16.9. The summed E-state index contributed by atoms with van der Waals surface area (Å²) in [6.07, 6.45) is 9.00. The molecule has 3 aromatic carbocycles. The summed E-state index contributed by atoms with van der Waals surface area (Å²) < 4.78 is 49.6. The minimum absolute atomic E-state index is 0.0216. The van der Waals surface area contributed by atoms with E-state index in [4.69, 9.17) is 36.9 Å². The van der Waals surface area contributed by atoms with E-state index >= 15 is 0 Å². The van der Waals surface area contributed by atoms with Crippen molar-refractivity contribution in [2.75, 3.05) is 60.0 Å². The van der Waals surface area contributed by atoms with E-state index in [1.54, 1.807) is 56.4 Å².